The zero-order valence-electron chi connectivity index (χ0n) is 9.82. The van der Waals surface area contributed by atoms with E-state index >= 15 is 0 Å². The third kappa shape index (κ3) is 2.15. The van der Waals surface area contributed by atoms with Crippen molar-refractivity contribution in [3.8, 4) is 33.5 Å². The predicted octanol–water partition coefficient (Wildman–Crippen LogP) is 3.28. The average molecular weight is 270 g/mol. The summed E-state index contributed by atoms with van der Waals surface area (Å²) < 4.78 is 4.22. The van der Waals surface area contributed by atoms with Crippen LogP contribution in [-0.2, 0) is 0 Å². The van der Waals surface area contributed by atoms with E-state index in [0.717, 1.165) is 0 Å². The van der Waals surface area contributed by atoms with Crippen LogP contribution in [0.4, 0.5) is 0 Å². The van der Waals surface area contributed by atoms with Crippen LogP contribution in [0, 0.1) is 0 Å². The van der Waals surface area contributed by atoms with Gasteiger partial charge >= 0.3 is 0 Å². The highest BCUT2D eigenvalue weighted by Gasteiger charge is 2.13. The molecule has 0 saturated carbocycles. The summed E-state index contributed by atoms with van der Waals surface area (Å²) in [6, 6.07) is 13.9. The van der Waals surface area contributed by atoms with E-state index in [1.807, 2.05) is 12.1 Å². The molecule has 19 heavy (non-hydrogen) atoms. The van der Waals surface area contributed by atoms with Crippen LogP contribution in [0.1, 0.15) is 0 Å². The smallest absolute Gasteiger partial charge is 0.177 e. The molecule has 2 aromatic carbocycles. The van der Waals surface area contributed by atoms with E-state index in [-0.39, 0.29) is 11.5 Å². The van der Waals surface area contributed by atoms with Crippen LogP contribution >= 0.6 is 11.5 Å². The largest absolute Gasteiger partial charge is 0.507 e. The number of phenolic OH excluding ortho intramolecular Hbond substituents is 2. The summed E-state index contributed by atoms with van der Waals surface area (Å²) in [5, 5.41) is 20.2. The molecule has 1 heterocycles. The Kier molecular flexibility index (Phi) is 2.89. The molecule has 0 spiro atoms. The van der Waals surface area contributed by atoms with Gasteiger partial charge in [0.15, 0.2) is 5.82 Å². The van der Waals surface area contributed by atoms with Crippen molar-refractivity contribution in [2.24, 2.45) is 0 Å². The zero-order valence-corrected chi connectivity index (χ0v) is 10.6. The molecule has 0 saturated heterocycles. The Morgan fingerprint density at radius 1 is 0.789 bits per heavy atom. The van der Waals surface area contributed by atoms with Crippen LogP contribution in [0.5, 0.6) is 11.5 Å². The van der Waals surface area contributed by atoms with Crippen LogP contribution in [-0.4, -0.2) is 19.6 Å². The van der Waals surface area contributed by atoms with Gasteiger partial charge in [0.05, 0.1) is 11.1 Å². The number of aromatic hydroxyl groups is 2. The van der Waals surface area contributed by atoms with Crippen LogP contribution < -0.4 is 0 Å². The van der Waals surface area contributed by atoms with E-state index in [0.29, 0.717) is 22.0 Å². The quantitative estimate of drug-likeness (QED) is 0.750. The standard InChI is InChI=1S/C14H10N2O2S/c17-11-7-3-1-5-9(11)13-15-14(19-16-13)10-6-2-4-8-12(10)18/h1-8,17-18H. The predicted molar refractivity (Wildman–Crippen MR) is 74.1 cm³/mol. The topological polar surface area (TPSA) is 66.2 Å². The van der Waals surface area contributed by atoms with Crippen molar-refractivity contribution in [3.63, 3.8) is 0 Å². The normalized spacial score (nSPS) is 10.5. The van der Waals surface area contributed by atoms with Crippen LogP contribution in [0.15, 0.2) is 48.5 Å². The number of rotatable bonds is 2. The van der Waals surface area contributed by atoms with Crippen molar-refractivity contribution < 1.29 is 10.2 Å². The van der Waals surface area contributed by atoms with Crippen molar-refractivity contribution in [1.29, 1.82) is 0 Å². The fraction of sp³-hybridized carbons (Fsp3) is 0. The number of hydrogen-bond acceptors (Lipinski definition) is 5. The van der Waals surface area contributed by atoms with Gasteiger partial charge in [-0.05, 0) is 35.8 Å². The molecule has 3 rings (SSSR count). The Labute approximate surface area is 113 Å². The molecule has 0 aliphatic carbocycles. The monoisotopic (exact) mass is 270 g/mol. The third-order valence-electron chi connectivity index (χ3n) is 2.71. The molecular formula is C14H10N2O2S. The molecule has 0 bridgehead atoms. The Bertz CT molecular complexity index is 665. The van der Waals surface area contributed by atoms with Crippen molar-refractivity contribution in [2.45, 2.75) is 0 Å². The first-order chi connectivity index (χ1) is 9.25. The Morgan fingerprint density at radius 2 is 1.37 bits per heavy atom. The Balaban J connectivity index is 2.06. The molecule has 1 aromatic heterocycles. The zero-order chi connectivity index (χ0) is 13.2. The molecule has 4 nitrogen and oxygen atoms in total. The summed E-state index contributed by atoms with van der Waals surface area (Å²) in [6.45, 7) is 0. The highest BCUT2D eigenvalue weighted by molar-refractivity contribution is 7.09. The van der Waals surface area contributed by atoms with E-state index in [1.165, 1.54) is 11.5 Å². The molecular weight excluding hydrogens is 260 g/mol. The third-order valence-corrected chi connectivity index (χ3v) is 3.45. The van der Waals surface area contributed by atoms with Gasteiger partial charge in [-0.25, -0.2) is 4.98 Å². The molecule has 0 amide bonds. The second-order valence-corrected chi connectivity index (χ2v) is 4.71. The molecule has 0 fully saturated rings. The molecule has 5 heteroatoms. The fourth-order valence-electron chi connectivity index (χ4n) is 1.76. The lowest BCUT2D eigenvalue weighted by Crippen LogP contribution is -1.82. The van der Waals surface area contributed by atoms with Crippen molar-refractivity contribution in [3.05, 3.63) is 48.5 Å². The summed E-state index contributed by atoms with van der Waals surface area (Å²) in [4.78, 5) is 4.36. The Morgan fingerprint density at radius 3 is 2.00 bits per heavy atom. The minimum Gasteiger partial charge on any atom is -0.507 e. The molecule has 0 unspecified atom stereocenters. The maximum absolute atomic E-state index is 9.79. The van der Waals surface area contributed by atoms with E-state index in [9.17, 15) is 10.2 Å². The van der Waals surface area contributed by atoms with Crippen molar-refractivity contribution in [2.75, 3.05) is 0 Å². The van der Waals surface area contributed by atoms with Crippen LogP contribution in [0.25, 0.3) is 22.0 Å². The van der Waals surface area contributed by atoms with E-state index in [4.69, 9.17) is 0 Å². The first-order valence-electron chi connectivity index (χ1n) is 5.66. The summed E-state index contributed by atoms with van der Waals surface area (Å²) in [5.74, 6) is 0.771. The first kappa shape index (κ1) is 11.7. The lowest BCUT2D eigenvalue weighted by molar-refractivity contribution is 0.477. The highest BCUT2D eigenvalue weighted by atomic mass is 32.1. The summed E-state index contributed by atoms with van der Waals surface area (Å²) in [5.41, 5.74) is 1.22. The second-order valence-electron chi connectivity index (χ2n) is 3.96. The van der Waals surface area contributed by atoms with Crippen molar-refractivity contribution >= 4 is 11.5 Å². The van der Waals surface area contributed by atoms with E-state index in [2.05, 4.69) is 9.36 Å². The molecule has 0 atom stereocenters. The molecule has 94 valence electrons. The second kappa shape index (κ2) is 4.70. The highest BCUT2D eigenvalue weighted by Crippen LogP contribution is 2.33. The summed E-state index contributed by atoms with van der Waals surface area (Å²) in [7, 11) is 0. The van der Waals surface area contributed by atoms with Gasteiger partial charge in [-0.3, -0.25) is 0 Å². The average Bonchev–Trinajstić information content (AvgIpc) is 2.89. The number of benzene rings is 2. The number of aromatic nitrogens is 2. The molecule has 2 N–H and O–H groups in total. The maximum Gasteiger partial charge on any atom is 0.177 e. The van der Waals surface area contributed by atoms with Gasteiger partial charge in [0.1, 0.15) is 16.5 Å². The minimum absolute atomic E-state index is 0.143. The molecule has 0 aliphatic heterocycles. The van der Waals surface area contributed by atoms with Crippen molar-refractivity contribution in [1.82, 2.24) is 9.36 Å². The van der Waals surface area contributed by atoms with Gasteiger partial charge in [0, 0.05) is 0 Å². The van der Waals surface area contributed by atoms with Gasteiger partial charge in [0.2, 0.25) is 0 Å². The van der Waals surface area contributed by atoms with Crippen LogP contribution in [0.2, 0.25) is 0 Å². The summed E-state index contributed by atoms with van der Waals surface area (Å²) >= 11 is 1.19. The van der Waals surface area contributed by atoms with E-state index < -0.39 is 0 Å². The minimum atomic E-state index is 0.143. The first-order valence-corrected chi connectivity index (χ1v) is 6.43. The lowest BCUT2D eigenvalue weighted by atomic mass is 10.2. The molecule has 3 aromatic rings. The van der Waals surface area contributed by atoms with E-state index in [1.54, 1.807) is 36.4 Å². The van der Waals surface area contributed by atoms with Gasteiger partial charge in [-0.2, -0.15) is 4.37 Å². The summed E-state index contributed by atoms with van der Waals surface area (Å²) in [6.07, 6.45) is 0. The molecule has 0 aliphatic rings. The SMILES string of the molecule is Oc1ccccc1-c1nsc(-c2ccccc2O)n1. The molecule has 0 radical (unpaired) electrons. The number of hydrogen-bond donors (Lipinski definition) is 2. The fourth-order valence-corrected chi connectivity index (χ4v) is 2.47. The Hall–Kier alpha value is -2.40. The van der Waals surface area contributed by atoms with Gasteiger partial charge in [-0.15, -0.1) is 0 Å². The van der Waals surface area contributed by atoms with Crippen LogP contribution in [0.3, 0.4) is 0 Å². The number of nitrogens with zero attached hydrogens (tertiary/aromatic N) is 2. The number of para-hydroxylation sites is 2. The van der Waals surface area contributed by atoms with Gasteiger partial charge in [0.25, 0.3) is 0 Å². The maximum atomic E-state index is 9.79. The van der Waals surface area contributed by atoms with Gasteiger partial charge in [-0.1, -0.05) is 24.3 Å². The number of phenols is 2. The lowest BCUT2D eigenvalue weighted by Gasteiger charge is -1.99. The van der Waals surface area contributed by atoms with Gasteiger partial charge < -0.3 is 10.2 Å².